The minimum atomic E-state index is -0.385. The molecule has 0 radical (unpaired) electrons. The molecule has 3 aromatic heterocycles. The average molecular weight is 643 g/mol. The maximum Gasteiger partial charge on any atom is 0.258 e. The van der Waals surface area contributed by atoms with Gasteiger partial charge in [-0.1, -0.05) is 29.3 Å². The molecule has 13 heteroatoms. The number of carbonyl (C=O) groups excluding carboxylic acids is 1. The van der Waals surface area contributed by atoms with Crippen molar-refractivity contribution in [3.8, 4) is 5.75 Å². The summed E-state index contributed by atoms with van der Waals surface area (Å²) in [6.45, 7) is 8.68. The molecule has 5 heterocycles. The lowest BCUT2D eigenvalue weighted by molar-refractivity contribution is 0.000224. The van der Waals surface area contributed by atoms with Crippen molar-refractivity contribution in [3.63, 3.8) is 0 Å². The van der Waals surface area contributed by atoms with Crippen molar-refractivity contribution in [2.45, 2.75) is 32.4 Å². The molecule has 1 aromatic carbocycles. The Morgan fingerprint density at radius 3 is 2.63 bits per heavy atom. The predicted molar refractivity (Wildman–Crippen MR) is 171 cm³/mol. The second kappa shape index (κ2) is 13.3. The van der Waals surface area contributed by atoms with Crippen molar-refractivity contribution < 1.29 is 14.3 Å². The summed E-state index contributed by atoms with van der Waals surface area (Å²) in [7, 11) is 1.51. The van der Waals surface area contributed by atoms with E-state index in [0.29, 0.717) is 45.2 Å². The molecule has 4 aromatic rings. The van der Waals surface area contributed by atoms with Gasteiger partial charge in [0.1, 0.15) is 22.9 Å². The average Bonchev–Trinajstić information content (AvgIpc) is 3.48. The van der Waals surface area contributed by atoms with Gasteiger partial charge in [-0.05, 0) is 56.1 Å². The topological polar surface area (TPSA) is 105 Å². The summed E-state index contributed by atoms with van der Waals surface area (Å²) in [6.07, 6.45) is 5.72. The van der Waals surface area contributed by atoms with Crippen LogP contribution in [0.15, 0.2) is 36.1 Å². The SMILES string of the molecule is COc1cc(C)c(Cl)c(NC(=O)c2csc3c(Nc4ccc(CN5CCC(N6CCOCC6)CC5)cn4)ncnc23)c1Cl. The normalized spacial score (nSPS) is 16.8. The lowest BCUT2D eigenvalue weighted by Crippen LogP contribution is -2.48. The quantitative estimate of drug-likeness (QED) is 0.239. The van der Waals surface area contributed by atoms with Gasteiger partial charge in [0, 0.05) is 37.3 Å². The number of anilines is 3. The van der Waals surface area contributed by atoms with E-state index in [0.717, 1.165) is 56.2 Å². The van der Waals surface area contributed by atoms with Crippen LogP contribution in [0, 0.1) is 6.92 Å². The molecule has 43 heavy (non-hydrogen) atoms. The number of benzene rings is 1. The molecular formula is C30H33Cl2N7O3S. The van der Waals surface area contributed by atoms with Gasteiger partial charge in [0.25, 0.3) is 5.91 Å². The zero-order valence-electron chi connectivity index (χ0n) is 24.0. The van der Waals surface area contributed by atoms with Crippen molar-refractivity contribution in [2.24, 2.45) is 0 Å². The summed E-state index contributed by atoms with van der Waals surface area (Å²) in [6, 6.07) is 6.44. The fourth-order valence-corrected chi connectivity index (χ4v) is 7.10. The maximum atomic E-state index is 13.3. The Morgan fingerprint density at radius 2 is 1.91 bits per heavy atom. The molecule has 0 atom stereocenters. The number of pyridine rings is 1. The Balaban J connectivity index is 1.10. The van der Waals surface area contributed by atoms with Crippen molar-refractivity contribution >= 4 is 68.0 Å². The number of morpholine rings is 1. The van der Waals surface area contributed by atoms with Crippen LogP contribution in [0.25, 0.3) is 10.2 Å². The predicted octanol–water partition coefficient (Wildman–Crippen LogP) is 6.00. The Morgan fingerprint density at radius 1 is 1.12 bits per heavy atom. The number of thiophene rings is 1. The van der Waals surface area contributed by atoms with Crippen LogP contribution in [0.2, 0.25) is 10.0 Å². The van der Waals surface area contributed by atoms with Crippen LogP contribution in [0.3, 0.4) is 0 Å². The molecule has 6 rings (SSSR count). The third-order valence-corrected chi connectivity index (χ3v) is 9.84. The highest BCUT2D eigenvalue weighted by molar-refractivity contribution is 7.18. The molecule has 1 amide bonds. The number of carbonyl (C=O) groups is 1. The molecule has 10 nitrogen and oxygen atoms in total. The van der Waals surface area contributed by atoms with E-state index in [1.165, 1.54) is 43.2 Å². The number of rotatable bonds is 8. The van der Waals surface area contributed by atoms with E-state index in [2.05, 4.69) is 41.5 Å². The molecule has 0 aliphatic carbocycles. The number of piperidine rings is 1. The second-order valence-electron chi connectivity index (χ2n) is 10.7. The number of hydrogen-bond acceptors (Lipinski definition) is 10. The van der Waals surface area contributed by atoms with Gasteiger partial charge in [-0.3, -0.25) is 14.6 Å². The zero-order valence-corrected chi connectivity index (χ0v) is 26.4. The van der Waals surface area contributed by atoms with E-state index in [9.17, 15) is 4.79 Å². The van der Waals surface area contributed by atoms with Gasteiger partial charge in [-0.25, -0.2) is 15.0 Å². The van der Waals surface area contributed by atoms with Gasteiger partial charge in [0.2, 0.25) is 0 Å². The lowest BCUT2D eigenvalue weighted by Gasteiger charge is -2.40. The Kier molecular flexibility index (Phi) is 9.27. The summed E-state index contributed by atoms with van der Waals surface area (Å²) in [5.41, 5.74) is 3.10. The number of likely N-dealkylation sites (tertiary alicyclic amines) is 1. The number of methoxy groups -OCH3 is 1. The van der Waals surface area contributed by atoms with Crippen LogP contribution >= 0.6 is 34.5 Å². The number of aryl methyl sites for hydroxylation is 1. The van der Waals surface area contributed by atoms with E-state index in [-0.39, 0.29) is 10.9 Å². The largest absolute Gasteiger partial charge is 0.495 e. The summed E-state index contributed by atoms with van der Waals surface area (Å²) in [4.78, 5) is 31.8. The van der Waals surface area contributed by atoms with Crippen molar-refractivity contribution in [2.75, 3.05) is 57.1 Å². The minimum absolute atomic E-state index is 0.231. The van der Waals surface area contributed by atoms with Crippen LogP contribution in [-0.2, 0) is 11.3 Å². The molecule has 2 N–H and O–H groups in total. The number of ether oxygens (including phenoxy) is 2. The van der Waals surface area contributed by atoms with Crippen LogP contribution < -0.4 is 15.4 Å². The Bertz CT molecular complexity index is 1600. The number of hydrogen-bond donors (Lipinski definition) is 2. The standard InChI is InChI=1S/C30H33Cl2N7O3S/c1-18-13-22(41-2)25(32)27(24(18)31)37-30(40)21-16-43-28-26(21)34-17-35-29(28)36-23-4-3-19(14-33-23)15-38-7-5-20(6-8-38)39-9-11-42-12-10-39/h3-4,13-14,16-17,20H,5-12,15H2,1-2H3,(H,37,40)(H,33,34,35,36). The van der Waals surface area contributed by atoms with E-state index in [1.54, 1.807) is 11.4 Å². The first-order valence-electron chi connectivity index (χ1n) is 14.2. The van der Waals surface area contributed by atoms with E-state index < -0.39 is 0 Å². The van der Waals surface area contributed by atoms with Gasteiger partial charge >= 0.3 is 0 Å². The highest BCUT2D eigenvalue weighted by Crippen LogP contribution is 2.41. The third-order valence-electron chi connectivity index (χ3n) is 8.00. The first kappa shape index (κ1) is 30.0. The highest BCUT2D eigenvalue weighted by atomic mass is 35.5. The molecular weight excluding hydrogens is 609 g/mol. The summed E-state index contributed by atoms with van der Waals surface area (Å²) < 4.78 is 11.6. The van der Waals surface area contributed by atoms with Gasteiger partial charge < -0.3 is 20.1 Å². The van der Waals surface area contributed by atoms with Crippen LogP contribution in [0.1, 0.15) is 34.3 Å². The van der Waals surface area contributed by atoms with Crippen LogP contribution in [-0.4, -0.2) is 83.2 Å². The van der Waals surface area contributed by atoms with Crippen molar-refractivity contribution in [3.05, 3.63) is 62.8 Å². The number of nitrogens with one attached hydrogen (secondary N) is 2. The van der Waals surface area contributed by atoms with E-state index in [1.807, 2.05) is 19.2 Å². The molecule has 0 unspecified atom stereocenters. The summed E-state index contributed by atoms with van der Waals surface area (Å²) in [5.74, 6) is 1.28. The molecule has 226 valence electrons. The van der Waals surface area contributed by atoms with Gasteiger partial charge in [-0.2, -0.15) is 0 Å². The number of amides is 1. The van der Waals surface area contributed by atoms with Crippen molar-refractivity contribution in [1.82, 2.24) is 24.8 Å². The Hall–Kier alpha value is -3.06. The first-order valence-corrected chi connectivity index (χ1v) is 15.9. The zero-order chi connectivity index (χ0) is 29.9. The van der Waals surface area contributed by atoms with E-state index >= 15 is 0 Å². The van der Waals surface area contributed by atoms with Crippen molar-refractivity contribution in [1.29, 1.82) is 0 Å². The molecule has 2 aliphatic rings. The first-order chi connectivity index (χ1) is 20.9. The van der Waals surface area contributed by atoms with Gasteiger partial charge in [0.05, 0.1) is 46.8 Å². The number of fused-ring (bicyclic) bond motifs is 1. The Labute approximate surface area is 264 Å². The maximum absolute atomic E-state index is 13.3. The summed E-state index contributed by atoms with van der Waals surface area (Å²) >= 11 is 14.3. The fraction of sp³-hybridized carbons (Fsp3) is 0.400. The molecule has 0 bridgehead atoms. The van der Waals surface area contributed by atoms with E-state index in [4.69, 9.17) is 32.7 Å². The van der Waals surface area contributed by atoms with Gasteiger partial charge in [-0.15, -0.1) is 11.3 Å². The third kappa shape index (κ3) is 6.57. The lowest BCUT2D eigenvalue weighted by atomic mass is 10.0. The highest BCUT2D eigenvalue weighted by Gasteiger charge is 2.26. The minimum Gasteiger partial charge on any atom is -0.495 e. The number of aromatic nitrogens is 3. The number of halogens is 2. The van der Waals surface area contributed by atoms with Crippen LogP contribution in [0.5, 0.6) is 5.75 Å². The fourth-order valence-electron chi connectivity index (χ4n) is 5.64. The molecule has 2 aliphatic heterocycles. The number of nitrogens with zero attached hydrogens (tertiary/aromatic N) is 5. The van der Waals surface area contributed by atoms with Gasteiger partial charge in [0.15, 0.2) is 5.82 Å². The molecule has 2 fully saturated rings. The smallest absolute Gasteiger partial charge is 0.258 e. The molecule has 2 saturated heterocycles. The second-order valence-corrected chi connectivity index (χ2v) is 12.4. The molecule has 0 spiro atoms. The van der Waals surface area contributed by atoms with Crippen LogP contribution in [0.4, 0.5) is 17.3 Å². The monoisotopic (exact) mass is 641 g/mol. The molecule has 0 saturated carbocycles. The summed E-state index contributed by atoms with van der Waals surface area (Å²) in [5, 5.41) is 8.45.